The minimum Gasteiger partial charge on any atom is -0.381 e. The van der Waals surface area contributed by atoms with Gasteiger partial charge in [0.2, 0.25) is 0 Å². The summed E-state index contributed by atoms with van der Waals surface area (Å²) in [5.74, 6) is 0.827. The lowest BCUT2D eigenvalue weighted by molar-refractivity contribution is 0.0842. The summed E-state index contributed by atoms with van der Waals surface area (Å²) >= 11 is 0. The van der Waals surface area contributed by atoms with Gasteiger partial charge in [-0.1, -0.05) is 25.0 Å². The third-order valence-corrected chi connectivity index (χ3v) is 2.51. The second-order valence-electron chi connectivity index (χ2n) is 3.65. The van der Waals surface area contributed by atoms with Gasteiger partial charge < -0.3 is 4.74 Å². The number of rotatable bonds is 5. The van der Waals surface area contributed by atoms with Crippen molar-refractivity contribution in [3.05, 3.63) is 11.6 Å². The zero-order valence-electron chi connectivity index (χ0n) is 8.31. The summed E-state index contributed by atoms with van der Waals surface area (Å²) in [5.41, 5.74) is 1.61. The first-order valence-corrected chi connectivity index (χ1v) is 5.08. The number of hydrogen-bond donors (Lipinski definition) is 0. The van der Waals surface area contributed by atoms with Gasteiger partial charge in [0.15, 0.2) is 0 Å². The van der Waals surface area contributed by atoms with Gasteiger partial charge in [0, 0.05) is 13.2 Å². The highest BCUT2D eigenvalue weighted by molar-refractivity contribution is 5.11. The van der Waals surface area contributed by atoms with Crippen LogP contribution in [0.2, 0.25) is 0 Å². The fourth-order valence-electron chi connectivity index (χ4n) is 1.53. The Balaban J connectivity index is 1.90. The minimum absolute atomic E-state index is 0.827. The second-order valence-corrected chi connectivity index (χ2v) is 3.65. The second kappa shape index (κ2) is 5.36. The first-order valence-electron chi connectivity index (χ1n) is 5.08. The van der Waals surface area contributed by atoms with Crippen LogP contribution < -0.4 is 0 Å². The number of ether oxygens (including phenoxy) is 1. The summed E-state index contributed by atoms with van der Waals surface area (Å²) in [6.07, 6.45) is 7.25. The highest BCUT2D eigenvalue weighted by Crippen LogP contribution is 2.32. The molecule has 0 heterocycles. The molecule has 0 unspecified atom stereocenters. The molecule has 0 spiro atoms. The van der Waals surface area contributed by atoms with Gasteiger partial charge in [-0.05, 0) is 32.1 Å². The van der Waals surface area contributed by atoms with Crippen LogP contribution in [0.15, 0.2) is 11.6 Å². The number of unbranched alkanes of at least 4 members (excludes halogenated alkanes) is 1. The lowest BCUT2D eigenvalue weighted by Gasteiger charge is -2.28. The molecule has 0 amide bonds. The van der Waals surface area contributed by atoms with Crippen molar-refractivity contribution in [2.24, 2.45) is 5.92 Å². The third kappa shape index (κ3) is 2.98. The maximum absolute atomic E-state index is 5.54. The molecule has 1 aliphatic rings. The highest BCUT2D eigenvalue weighted by atomic mass is 16.5. The normalized spacial score (nSPS) is 22.2. The average Bonchev–Trinajstić information content (AvgIpc) is 2.01. The summed E-state index contributed by atoms with van der Waals surface area (Å²) in [6, 6.07) is 0. The maximum Gasteiger partial charge on any atom is 0.0500 e. The smallest absolute Gasteiger partial charge is 0.0500 e. The molecule has 0 bridgehead atoms. The Morgan fingerprint density at radius 3 is 2.83 bits per heavy atom. The van der Waals surface area contributed by atoms with E-state index in [4.69, 9.17) is 4.74 Å². The summed E-state index contributed by atoms with van der Waals surface area (Å²) in [7, 11) is 0. The predicted molar refractivity (Wildman–Crippen MR) is 52.2 cm³/mol. The van der Waals surface area contributed by atoms with Crippen molar-refractivity contribution in [1.82, 2.24) is 0 Å². The van der Waals surface area contributed by atoms with E-state index in [9.17, 15) is 0 Å². The molecule has 1 heteroatoms. The van der Waals surface area contributed by atoms with Gasteiger partial charge >= 0.3 is 0 Å². The van der Waals surface area contributed by atoms with Crippen molar-refractivity contribution >= 4 is 0 Å². The van der Waals surface area contributed by atoms with E-state index in [1.807, 2.05) is 0 Å². The molecule has 12 heavy (non-hydrogen) atoms. The van der Waals surface area contributed by atoms with Crippen LogP contribution in [0.25, 0.3) is 0 Å². The van der Waals surface area contributed by atoms with Crippen molar-refractivity contribution < 1.29 is 4.74 Å². The lowest BCUT2D eigenvalue weighted by atomic mass is 9.81. The molecule has 1 saturated carbocycles. The highest BCUT2D eigenvalue weighted by Gasteiger charge is 2.21. The van der Waals surface area contributed by atoms with Gasteiger partial charge in [0.1, 0.15) is 0 Å². The van der Waals surface area contributed by atoms with Crippen molar-refractivity contribution in [3.8, 4) is 0 Å². The van der Waals surface area contributed by atoms with E-state index in [1.165, 1.54) is 25.7 Å². The Hall–Kier alpha value is -0.300. The fraction of sp³-hybridized carbons (Fsp3) is 0.818. The molecule has 0 aromatic carbocycles. The van der Waals surface area contributed by atoms with E-state index in [-0.39, 0.29) is 0 Å². The summed E-state index contributed by atoms with van der Waals surface area (Å²) in [6.45, 7) is 6.27. The van der Waals surface area contributed by atoms with E-state index >= 15 is 0 Å². The van der Waals surface area contributed by atoms with E-state index in [1.54, 1.807) is 5.57 Å². The van der Waals surface area contributed by atoms with E-state index in [0.29, 0.717) is 0 Å². The Bertz CT molecular complexity index is 141. The van der Waals surface area contributed by atoms with Crippen LogP contribution in [0.4, 0.5) is 0 Å². The van der Waals surface area contributed by atoms with Crippen LogP contribution in [-0.2, 0) is 4.74 Å². The van der Waals surface area contributed by atoms with Crippen LogP contribution in [0.5, 0.6) is 0 Å². The Kier molecular flexibility index (Phi) is 4.37. The van der Waals surface area contributed by atoms with Gasteiger partial charge in [-0.2, -0.15) is 0 Å². The van der Waals surface area contributed by atoms with Crippen molar-refractivity contribution in [1.29, 1.82) is 0 Å². The van der Waals surface area contributed by atoms with E-state index in [2.05, 4.69) is 19.9 Å². The SMILES string of the molecule is CC=C1CC(COCCCC)C1. The predicted octanol–water partition coefficient (Wildman–Crippen LogP) is 3.16. The zero-order valence-corrected chi connectivity index (χ0v) is 8.31. The number of allylic oxidation sites excluding steroid dienone is 2. The van der Waals surface area contributed by atoms with E-state index in [0.717, 1.165) is 19.1 Å². The monoisotopic (exact) mass is 168 g/mol. The molecule has 0 saturated heterocycles. The Morgan fingerprint density at radius 2 is 2.25 bits per heavy atom. The van der Waals surface area contributed by atoms with Crippen molar-refractivity contribution in [3.63, 3.8) is 0 Å². The lowest BCUT2D eigenvalue weighted by Crippen LogP contribution is -2.20. The average molecular weight is 168 g/mol. The Morgan fingerprint density at radius 1 is 1.50 bits per heavy atom. The number of hydrogen-bond acceptors (Lipinski definition) is 1. The van der Waals surface area contributed by atoms with Gasteiger partial charge in [-0.3, -0.25) is 0 Å². The molecule has 0 aromatic heterocycles. The van der Waals surface area contributed by atoms with Crippen LogP contribution in [0.3, 0.4) is 0 Å². The van der Waals surface area contributed by atoms with Crippen LogP contribution in [-0.4, -0.2) is 13.2 Å². The van der Waals surface area contributed by atoms with E-state index < -0.39 is 0 Å². The van der Waals surface area contributed by atoms with Gasteiger partial charge in [0.05, 0.1) is 0 Å². The largest absolute Gasteiger partial charge is 0.381 e. The molecule has 0 radical (unpaired) electrons. The Labute approximate surface area is 75.8 Å². The van der Waals surface area contributed by atoms with Crippen molar-refractivity contribution in [2.75, 3.05) is 13.2 Å². The zero-order chi connectivity index (χ0) is 8.81. The molecule has 0 aliphatic heterocycles. The van der Waals surface area contributed by atoms with Crippen LogP contribution >= 0.6 is 0 Å². The molecule has 0 aromatic rings. The van der Waals surface area contributed by atoms with Crippen LogP contribution in [0.1, 0.15) is 39.5 Å². The van der Waals surface area contributed by atoms with Crippen LogP contribution in [0, 0.1) is 5.92 Å². The third-order valence-electron chi connectivity index (χ3n) is 2.51. The molecule has 1 rings (SSSR count). The molecule has 0 N–H and O–H groups in total. The summed E-state index contributed by atoms with van der Waals surface area (Å²) in [4.78, 5) is 0. The minimum atomic E-state index is 0.827. The molecule has 1 aliphatic carbocycles. The molecule has 1 nitrogen and oxygen atoms in total. The molecule has 0 atom stereocenters. The fourth-order valence-corrected chi connectivity index (χ4v) is 1.53. The van der Waals surface area contributed by atoms with Gasteiger partial charge in [0.25, 0.3) is 0 Å². The molecule has 1 fully saturated rings. The quantitative estimate of drug-likeness (QED) is 0.452. The van der Waals surface area contributed by atoms with Crippen molar-refractivity contribution in [2.45, 2.75) is 39.5 Å². The van der Waals surface area contributed by atoms with Gasteiger partial charge in [-0.15, -0.1) is 0 Å². The first-order chi connectivity index (χ1) is 5.86. The van der Waals surface area contributed by atoms with Gasteiger partial charge in [-0.25, -0.2) is 0 Å². The molecular formula is C11H20O. The molecule has 70 valence electrons. The summed E-state index contributed by atoms with van der Waals surface area (Å²) in [5, 5.41) is 0. The first kappa shape index (κ1) is 9.79. The molecular weight excluding hydrogens is 148 g/mol. The maximum atomic E-state index is 5.54. The standard InChI is InChI=1S/C11H20O/c1-3-5-6-12-9-11-7-10(4-2)8-11/h4,11H,3,5-9H2,1-2H3. The topological polar surface area (TPSA) is 9.23 Å². The summed E-state index contributed by atoms with van der Waals surface area (Å²) < 4.78 is 5.54.